The second-order valence-electron chi connectivity index (χ2n) is 8.97. The minimum atomic E-state index is -1.21. The molecule has 4 atom stereocenters. The number of hydrogen-bond donors (Lipinski definition) is 7. The van der Waals surface area contributed by atoms with Gasteiger partial charge in [-0.1, -0.05) is 60.7 Å². The van der Waals surface area contributed by atoms with Crippen LogP contribution < -0.4 is 21.7 Å². The van der Waals surface area contributed by atoms with Crippen LogP contribution in [0, 0.1) is 0 Å². The van der Waals surface area contributed by atoms with E-state index in [4.69, 9.17) is 5.73 Å². The summed E-state index contributed by atoms with van der Waals surface area (Å²) in [5, 5.41) is 17.4. The molecular formula is C27H32N6O5S. The van der Waals surface area contributed by atoms with Crippen molar-refractivity contribution in [3.8, 4) is 0 Å². The molecule has 3 amide bonds. The van der Waals surface area contributed by atoms with E-state index >= 15 is 0 Å². The van der Waals surface area contributed by atoms with E-state index in [1.807, 2.05) is 6.07 Å². The number of aromatic nitrogens is 2. The third kappa shape index (κ3) is 9.27. The lowest BCUT2D eigenvalue weighted by Crippen LogP contribution is -2.58. The first-order valence-corrected chi connectivity index (χ1v) is 13.0. The number of amides is 3. The maximum atomic E-state index is 13.3. The van der Waals surface area contributed by atoms with E-state index in [1.54, 1.807) is 60.8 Å². The maximum Gasteiger partial charge on any atom is 0.326 e. The summed E-state index contributed by atoms with van der Waals surface area (Å²) in [5.41, 5.74) is 8.22. The Morgan fingerprint density at radius 1 is 0.795 bits per heavy atom. The molecule has 7 N–H and O–H groups in total. The predicted octanol–water partition coefficient (Wildman–Crippen LogP) is 0.234. The number of aromatic amines is 1. The standard InChI is InChI=1S/C27H32N6O5S/c28-20(13-19-14-29-16-30-19)24(34)31-21(11-17-7-3-1-4-8-17)25(35)33-23(15-39)26(36)32-22(27(37)38)12-18-9-5-2-6-10-18/h1-10,14,16,20-23,39H,11-13,15,28H2,(H,29,30)(H,31,34)(H,32,36)(H,33,35)(H,37,38). The number of carbonyl (C=O) groups is 4. The van der Waals surface area contributed by atoms with Crippen molar-refractivity contribution in [2.75, 3.05) is 5.75 Å². The van der Waals surface area contributed by atoms with Gasteiger partial charge in [0.2, 0.25) is 17.7 Å². The minimum absolute atomic E-state index is 0.0655. The van der Waals surface area contributed by atoms with Gasteiger partial charge in [-0.2, -0.15) is 12.6 Å². The molecule has 0 saturated carbocycles. The molecule has 0 saturated heterocycles. The zero-order valence-electron chi connectivity index (χ0n) is 21.1. The molecule has 39 heavy (non-hydrogen) atoms. The van der Waals surface area contributed by atoms with Gasteiger partial charge in [0.05, 0.1) is 12.4 Å². The first-order valence-electron chi connectivity index (χ1n) is 12.3. The molecule has 0 fully saturated rings. The predicted molar refractivity (Wildman–Crippen MR) is 148 cm³/mol. The fourth-order valence-corrected chi connectivity index (χ4v) is 4.11. The summed E-state index contributed by atoms with van der Waals surface area (Å²) in [5.74, 6) is -3.20. The Balaban J connectivity index is 1.68. The third-order valence-corrected chi connectivity index (χ3v) is 6.33. The molecule has 3 rings (SSSR count). The summed E-state index contributed by atoms with van der Waals surface area (Å²) in [7, 11) is 0. The number of nitrogens with two attached hydrogens (primary N) is 1. The van der Waals surface area contributed by atoms with E-state index in [0.29, 0.717) is 5.69 Å². The number of hydrogen-bond acceptors (Lipinski definition) is 7. The fraction of sp³-hybridized carbons (Fsp3) is 0.296. The highest BCUT2D eigenvalue weighted by Crippen LogP contribution is 2.07. The van der Waals surface area contributed by atoms with Gasteiger partial charge < -0.3 is 31.8 Å². The van der Waals surface area contributed by atoms with Gasteiger partial charge in [-0.15, -0.1) is 0 Å². The van der Waals surface area contributed by atoms with Crippen molar-refractivity contribution in [3.63, 3.8) is 0 Å². The van der Waals surface area contributed by atoms with Crippen LogP contribution in [-0.2, 0) is 38.4 Å². The van der Waals surface area contributed by atoms with E-state index in [-0.39, 0.29) is 25.0 Å². The Labute approximate surface area is 231 Å². The number of carboxylic acids is 1. The third-order valence-electron chi connectivity index (χ3n) is 5.96. The van der Waals surface area contributed by atoms with Crippen LogP contribution in [0.4, 0.5) is 0 Å². The molecule has 206 valence electrons. The molecule has 0 spiro atoms. The summed E-state index contributed by atoms with van der Waals surface area (Å²) in [6.07, 6.45) is 3.42. The zero-order chi connectivity index (χ0) is 28.2. The number of imidazole rings is 1. The number of H-pyrrole nitrogens is 1. The summed E-state index contributed by atoms with van der Waals surface area (Å²) in [4.78, 5) is 57.7. The van der Waals surface area contributed by atoms with Crippen molar-refractivity contribution in [2.24, 2.45) is 5.73 Å². The Bertz CT molecular complexity index is 1230. The van der Waals surface area contributed by atoms with Crippen molar-refractivity contribution >= 4 is 36.3 Å². The molecule has 0 aliphatic rings. The molecule has 0 aliphatic heterocycles. The highest BCUT2D eigenvalue weighted by atomic mass is 32.1. The fourth-order valence-electron chi connectivity index (χ4n) is 3.85. The Kier molecular flexibility index (Phi) is 11.1. The van der Waals surface area contributed by atoms with Gasteiger partial charge in [0.25, 0.3) is 0 Å². The van der Waals surface area contributed by atoms with Crippen LogP contribution >= 0.6 is 12.6 Å². The Hall–Kier alpha value is -4.16. The molecular weight excluding hydrogens is 520 g/mol. The second kappa shape index (κ2) is 14.7. The van der Waals surface area contributed by atoms with Crippen molar-refractivity contribution in [1.29, 1.82) is 0 Å². The highest BCUT2D eigenvalue weighted by Gasteiger charge is 2.30. The van der Waals surface area contributed by atoms with Crippen molar-refractivity contribution in [2.45, 2.75) is 43.4 Å². The number of thiol groups is 1. The summed E-state index contributed by atoms with van der Waals surface area (Å²) < 4.78 is 0. The molecule has 1 aromatic heterocycles. The maximum absolute atomic E-state index is 13.3. The van der Waals surface area contributed by atoms with Gasteiger partial charge in [0.15, 0.2) is 0 Å². The lowest BCUT2D eigenvalue weighted by Gasteiger charge is -2.24. The summed E-state index contributed by atoms with van der Waals surface area (Å²) >= 11 is 4.18. The van der Waals surface area contributed by atoms with Crippen molar-refractivity contribution in [3.05, 3.63) is 90.0 Å². The van der Waals surface area contributed by atoms with Crippen LogP contribution in [0.1, 0.15) is 16.8 Å². The molecule has 2 aromatic carbocycles. The Morgan fingerprint density at radius 2 is 1.31 bits per heavy atom. The monoisotopic (exact) mass is 552 g/mol. The number of carboxylic acid groups (broad SMARTS) is 1. The largest absolute Gasteiger partial charge is 0.480 e. The molecule has 3 aromatic rings. The highest BCUT2D eigenvalue weighted by molar-refractivity contribution is 7.80. The van der Waals surface area contributed by atoms with Crippen LogP contribution in [-0.4, -0.2) is 68.7 Å². The van der Waals surface area contributed by atoms with Gasteiger partial charge in [-0.05, 0) is 11.1 Å². The molecule has 12 heteroatoms. The van der Waals surface area contributed by atoms with Crippen LogP contribution in [0.25, 0.3) is 0 Å². The van der Waals surface area contributed by atoms with Crippen LogP contribution in [0.15, 0.2) is 73.2 Å². The number of nitrogens with zero attached hydrogens (tertiary/aromatic N) is 1. The van der Waals surface area contributed by atoms with Gasteiger partial charge in [-0.25, -0.2) is 9.78 Å². The number of rotatable bonds is 14. The zero-order valence-corrected chi connectivity index (χ0v) is 22.0. The van der Waals surface area contributed by atoms with E-state index < -0.39 is 47.9 Å². The number of carbonyl (C=O) groups excluding carboxylic acids is 3. The average molecular weight is 553 g/mol. The lowest BCUT2D eigenvalue weighted by atomic mass is 10.0. The molecule has 11 nitrogen and oxygen atoms in total. The van der Waals surface area contributed by atoms with Crippen LogP contribution in [0.2, 0.25) is 0 Å². The van der Waals surface area contributed by atoms with Gasteiger partial charge in [0.1, 0.15) is 18.1 Å². The summed E-state index contributed by atoms with van der Waals surface area (Å²) in [6, 6.07) is 13.6. The van der Waals surface area contributed by atoms with E-state index in [0.717, 1.165) is 11.1 Å². The molecule has 0 radical (unpaired) electrons. The number of benzene rings is 2. The van der Waals surface area contributed by atoms with Gasteiger partial charge in [0, 0.05) is 36.9 Å². The smallest absolute Gasteiger partial charge is 0.326 e. The first kappa shape index (κ1) is 29.4. The SMILES string of the molecule is NC(Cc1cnc[nH]1)C(=O)NC(Cc1ccccc1)C(=O)NC(CS)C(=O)NC(Cc1ccccc1)C(=O)O. The molecule has 1 heterocycles. The summed E-state index contributed by atoms with van der Waals surface area (Å²) in [6.45, 7) is 0. The van der Waals surface area contributed by atoms with E-state index in [1.165, 1.54) is 6.33 Å². The number of nitrogens with one attached hydrogen (secondary N) is 4. The van der Waals surface area contributed by atoms with Crippen molar-refractivity contribution < 1.29 is 24.3 Å². The molecule has 4 unspecified atom stereocenters. The van der Waals surface area contributed by atoms with E-state index in [9.17, 15) is 24.3 Å². The van der Waals surface area contributed by atoms with Crippen molar-refractivity contribution in [1.82, 2.24) is 25.9 Å². The van der Waals surface area contributed by atoms with Gasteiger partial charge in [-0.3, -0.25) is 14.4 Å². The topological polar surface area (TPSA) is 179 Å². The van der Waals surface area contributed by atoms with Crippen LogP contribution in [0.5, 0.6) is 0 Å². The lowest BCUT2D eigenvalue weighted by molar-refractivity contribution is -0.142. The number of aliphatic carboxylic acids is 1. The van der Waals surface area contributed by atoms with Gasteiger partial charge >= 0.3 is 5.97 Å². The van der Waals surface area contributed by atoms with E-state index in [2.05, 4.69) is 38.5 Å². The molecule has 0 aliphatic carbocycles. The average Bonchev–Trinajstić information content (AvgIpc) is 3.44. The quantitative estimate of drug-likeness (QED) is 0.140. The minimum Gasteiger partial charge on any atom is -0.480 e. The first-order chi connectivity index (χ1) is 18.8. The molecule has 0 bridgehead atoms. The van der Waals surface area contributed by atoms with Crippen LogP contribution in [0.3, 0.4) is 0 Å². The Morgan fingerprint density at radius 3 is 1.82 bits per heavy atom. The normalized spacial score (nSPS) is 13.9. The second-order valence-corrected chi connectivity index (χ2v) is 9.34.